The Kier molecular flexibility index (Phi) is 2.43. The monoisotopic (exact) mass is 172 g/mol. The highest BCUT2D eigenvalue weighted by Crippen LogP contribution is 1.87. The lowest BCUT2D eigenvalue weighted by molar-refractivity contribution is -0.121. The van der Waals surface area contributed by atoms with Gasteiger partial charge in [-0.1, -0.05) is 11.3 Å². The van der Waals surface area contributed by atoms with E-state index in [4.69, 9.17) is 0 Å². The Morgan fingerprint density at radius 3 is 3.00 bits per heavy atom. The second kappa shape index (κ2) is 3.34. The minimum Gasteiger partial charge on any atom is -0.358 e. The van der Waals surface area contributed by atoms with Gasteiger partial charge in [-0.25, -0.2) is 0 Å². The molecule has 0 atom stereocenters. The molecule has 0 aromatic carbocycles. The van der Waals surface area contributed by atoms with Gasteiger partial charge in [0.25, 0.3) is 0 Å². The molecule has 1 aromatic rings. The number of nitrogens with zero attached hydrogens (tertiary/aromatic N) is 1. The van der Waals surface area contributed by atoms with Gasteiger partial charge in [0, 0.05) is 18.6 Å². The van der Waals surface area contributed by atoms with Crippen LogP contribution >= 0.6 is 11.3 Å². The van der Waals surface area contributed by atoms with Crippen molar-refractivity contribution in [3.8, 4) is 0 Å². The van der Waals surface area contributed by atoms with Crippen LogP contribution in [0.4, 0.5) is 0 Å². The molecule has 0 aliphatic carbocycles. The highest BCUT2D eigenvalue weighted by Gasteiger charge is 2.00. The van der Waals surface area contributed by atoms with Gasteiger partial charge in [0.15, 0.2) is 0 Å². The SMILES string of the molecule is CNC(=O)Cn1ccsc1=O. The molecule has 11 heavy (non-hydrogen) atoms. The number of carbonyl (C=O) groups excluding carboxylic acids is 1. The smallest absolute Gasteiger partial charge is 0.307 e. The summed E-state index contributed by atoms with van der Waals surface area (Å²) in [6, 6.07) is 0. The van der Waals surface area contributed by atoms with Crippen molar-refractivity contribution in [1.82, 2.24) is 9.88 Å². The molecule has 1 aromatic heterocycles. The normalized spacial score (nSPS) is 9.55. The summed E-state index contributed by atoms with van der Waals surface area (Å²) < 4.78 is 1.36. The Bertz CT molecular complexity index is 302. The van der Waals surface area contributed by atoms with Crippen molar-refractivity contribution in [3.05, 3.63) is 21.2 Å². The average molecular weight is 172 g/mol. The lowest BCUT2D eigenvalue weighted by Gasteiger charge is -1.97. The van der Waals surface area contributed by atoms with Crippen molar-refractivity contribution in [1.29, 1.82) is 0 Å². The summed E-state index contributed by atoms with van der Waals surface area (Å²) in [5, 5.41) is 4.09. The molecule has 0 unspecified atom stereocenters. The number of rotatable bonds is 2. The van der Waals surface area contributed by atoms with E-state index in [0.29, 0.717) is 0 Å². The number of likely N-dealkylation sites (N-methyl/N-ethyl adjacent to an activating group) is 1. The lowest BCUT2D eigenvalue weighted by atomic mass is 10.6. The quantitative estimate of drug-likeness (QED) is 0.663. The molecule has 0 aliphatic heterocycles. The van der Waals surface area contributed by atoms with E-state index in [0.717, 1.165) is 11.3 Å². The van der Waals surface area contributed by atoms with E-state index in [-0.39, 0.29) is 17.3 Å². The van der Waals surface area contributed by atoms with Crippen LogP contribution in [0.5, 0.6) is 0 Å². The summed E-state index contributed by atoms with van der Waals surface area (Å²) >= 11 is 1.08. The Morgan fingerprint density at radius 2 is 2.55 bits per heavy atom. The van der Waals surface area contributed by atoms with Gasteiger partial charge in [-0.05, 0) is 0 Å². The van der Waals surface area contributed by atoms with Gasteiger partial charge in [0.05, 0.1) is 0 Å². The summed E-state index contributed by atoms with van der Waals surface area (Å²) in [6.07, 6.45) is 1.60. The van der Waals surface area contributed by atoms with Gasteiger partial charge in [0.1, 0.15) is 6.54 Å². The maximum atomic E-state index is 10.9. The first-order valence-electron chi connectivity index (χ1n) is 3.08. The Hall–Kier alpha value is -1.10. The molecule has 0 spiro atoms. The summed E-state index contributed by atoms with van der Waals surface area (Å²) in [5.41, 5.74) is 0. The van der Waals surface area contributed by atoms with Gasteiger partial charge in [-0.15, -0.1) is 0 Å². The maximum Gasteiger partial charge on any atom is 0.307 e. The molecular weight excluding hydrogens is 164 g/mol. The summed E-state index contributed by atoms with van der Waals surface area (Å²) in [7, 11) is 1.54. The van der Waals surface area contributed by atoms with Crippen LogP contribution in [0, 0.1) is 0 Å². The molecule has 0 fully saturated rings. The average Bonchev–Trinajstić information content (AvgIpc) is 2.37. The van der Waals surface area contributed by atoms with E-state index in [1.807, 2.05) is 0 Å². The van der Waals surface area contributed by atoms with Crippen LogP contribution in [0.15, 0.2) is 16.4 Å². The van der Waals surface area contributed by atoms with Crippen LogP contribution in [0.25, 0.3) is 0 Å². The first-order valence-corrected chi connectivity index (χ1v) is 3.96. The van der Waals surface area contributed by atoms with Crippen molar-refractivity contribution in [2.45, 2.75) is 6.54 Å². The molecule has 0 aliphatic rings. The highest BCUT2D eigenvalue weighted by molar-refractivity contribution is 7.07. The zero-order valence-electron chi connectivity index (χ0n) is 6.03. The molecule has 0 saturated heterocycles. The van der Waals surface area contributed by atoms with Crippen LogP contribution in [-0.4, -0.2) is 17.5 Å². The molecular formula is C6H8N2O2S. The zero-order chi connectivity index (χ0) is 8.27. The standard InChI is InChI=1S/C6H8N2O2S/c1-7-5(9)4-8-2-3-11-6(8)10/h2-3H,4H2,1H3,(H,7,9). The first-order chi connectivity index (χ1) is 5.24. The molecule has 1 N–H and O–H groups in total. The van der Waals surface area contributed by atoms with E-state index in [9.17, 15) is 9.59 Å². The van der Waals surface area contributed by atoms with Crippen LogP contribution in [0.1, 0.15) is 0 Å². The van der Waals surface area contributed by atoms with Crippen molar-refractivity contribution >= 4 is 17.2 Å². The molecule has 0 saturated carbocycles. The number of carbonyl (C=O) groups is 1. The molecule has 1 heterocycles. The van der Waals surface area contributed by atoms with Crippen molar-refractivity contribution in [3.63, 3.8) is 0 Å². The third-order valence-electron chi connectivity index (χ3n) is 1.24. The van der Waals surface area contributed by atoms with Crippen LogP contribution < -0.4 is 10.2 Å². The minimum atomic E-state index is -0.162. The van der Waals surface area contributed by atoms with Crippen molar-refractivity contribution in [2.24, 2.45) is 0 Å². The topological polar surface area (TPSA) is 51.1 Å². The molecule has 60 valence electrons. The van der Waals surface area contributed by atoms with Gasteiger partial charge in [-0.2, -0.15) is 0 Å². The second-order valence-electron chi connectivity index (χ2n) is 1.97. The summed E-state index contributed by atoms with van der Waals surface area (Å²) in [5.74, 6) is -0.162. The lowest BCUT2D eigenvalue weighted by Crippen LogP contribution is -2.27. The summed E-state index contributed by atoms with van der Waals surface area (Å²) in [6.45, 7) is 0.110. The van der Waals surface area contributed by atoms with E-state index in [1.54, 1.807) is 18.6 Å². The Labute approximate surface area is 67.5 Å². The largest absolute Gasteiger partial charge is 0.358 e. The van der Waals surface area contributed by atoms with Gasteiger partial charge < -0.3 is 5.32 Å². The van der Waals surface area contributed by atoms with Crippen molar-refractivity contribution in [2.75, 3.05) is 7.05 Å². The van der Waals surface area contributed by atoms with Gasteiger partial charge in [-0.3, -0.25) is 14.2 Å². The van der Waals surface area contributed by atoms with E-state index < -0.39 is 0 Å². The van der Waals surface area contributed by atoms with Crippen molar-refractivity contribution < 1.29 is 4.79 Å². The predicted molar refractivity (Wildman–Crippen MR) is 42.6 cm³/mol. The third-order valence-corrected chi connectivity index (χ3v) is 1.93. The molecule has 0 bridgehead atoms. The number of hydrogen-bond acceptors (Lipinski definition) is 3. The Morgan fingerprint density at radius 1 is 1.82 bits per heavy atom. The third kappa shape index (κ3) is 1.91. The Balaban J connectivity index is 2.72. The van der Waals surface area contributed by atoms with Crippen LogP contribution in [0.2, 0.25) is 0 Å². The number of hydrogen-bond donors (Lipinski definition) is 1. The second-order valence-corrected chi connectivity index (χ2v) is 2.83. The fraction of sp³-hybridized carbons (Fsp3) is 0.333. The van der Waals surface area contributed by atoms with E-state index in [1.165, 1.54) is 4.57 Å². The van der Waals surface area contributed by atoms with Gasteiger partial charge >= 0.3 is 4.87 Å². The fourth-order valence-electron chi connectivity index (χ4n) is 0.642. The molecule has 1 amide bonds. The fourth-order valence-corrected chi connectivity index (χ4v) is 1.23. The van der Waals surface area contributed by atoms with Gasteiger partial charge in [0.2, 0.25) is 5.91 Å². The molecule has 1 rings (SSSR count). The number of amides is 1. The van der Waals surface area contributed by atoms with Crippen LogP contribution in [0.3, 0.4) is 0 Å². The minimum absolute atomic E-state index is 0.103. The predicted octanol–water partition coefficient (Wildman–Crippen LogP) is -0.344. The number of thiazole rings is 1. The maximum absolute atomic E-state index is 10.9. The first kappa shape index (κ1) is 8.00. The number of aromatic nitrogens is 1. The molecule has 4 nitrogen and oxygen atoms in total. The molecule has 5 heteroatoms. The van der Waals surface area contributed by atoms with E-state index >= 15 is 0 Å². The number of nitrogens with one attached hydrogen (secondary N) is 1. The zero-order valence-corrected chi connectivity index (χ0v) is 6.85. The molecule has 0 radical (unpaired) electrons. The van der Waals surface area contributed by atoms with E-state index in [2.05, 4.69) is 5.32 Å². The summed E-state index contributed by atoms with van der Waals surface area (Å²) in [4.78, 5) is 21.5. The highest BCUT2D eigenvalue weighted by atomic mass is 32.1. The van der Waals surface area contributed by atoms with Crippen LogP contribution in [-0.2, 0) is 11.3 Å².